The lowest BCUT2D eigenvalue weighted by molar-refractivity contribution is -0.150. The smallest absolute Gasteiger partial charge is 0.309 e. The highest BCUT2D eigenvalue weighted by molar-refractivity contribution is 5.86. The van der Waals surface area contributed by atoms with E-state index >= 15 is 0 Å². The molecule has 5 rings (SSSR count). The highest BCUT2D eigenvalue weighted by Crippen LogP contribution is 2.29. The average Bonchev–Trinajstić information content (AvgIpc) is 3.03. The largest absolute Gasteiger partial charge is 0.463 e. The van der Waals surface area contributed by atoms with Crippen molar-refractivity contribution >= 4 is 17.8 Å². The summed E-state index contributed by atoms with van der Waals surface area (Å²) in [6.07, 6.45) is 12.7. The molecule has 2 amide bonds. The van der Waals surface area contributed by atoms with Gasteiger partial charge in [0.2, 0.25) is 11.8 Å². The summed E-state index contributed by atoms with van der Waals surface area (Å²) in [6.45, 7) is 0.465. The van der Waals surface area contributed by atoms with Gasteiger partial charge in [0.05, 0.1) is 30.5 Å². The predicted octanol–water partition coefficient (Wildman–Crippen LogP) is 5.15. The maximum Gasteiger partial charge on any atom is 0.309 e. The Morgan fingerprint density at radius 1 is 0.907 bits per heavy atom. The van der Waals surface area contributed by atoms with Crippen molar-refractivity contribution < 1.29 is 24.2 Å². The molecule has 0 spiro atoms. The molecule has 0 bridgehead atoms. The second-order valence-corrected chi connectivity index (χ2v) is 12.6. The molecular formula is C36H46N2O5. The summed E-state index contributed by atoms with van der Waals surface area (Å²) in [5.41, 5.74) is 3.33. The minimum atomic E-state index is -0.545. The van der Waals surface area contributed by atoms with Gasteiger partial charge in [-0.3, -0.25) is 14.4 Å². The Morgan fingerprint density at radius 3 is 2.35 bits per heavy atom. The molecule has 1 saturated carbocycles. The quantitative estimate of drug-likeness (QED) is 0.346. The van der Waals surface area contributed by atoms with E-state index in [0.29, 0.717) is 38.1 Å². The van der Waals surface area contributed by atoms with Gasteiger partial charge in [-0.25, -0.2) is 0 Å². The van der Waals surface area contributed by atoms with Crippen LogP contribution in [0, 0.1) is 17.8 Å². The van der Waals surface area contributed by atoms with Crippen LogP contribution in [0.5, 0.6) is 0 Å². The van der Waals surface area contributed by atoms with Crippen LogP contribution in [-0.2, 0) is 38.5 Å². The monoisotopic (exact) mass is 586 g/mol. The molecule has 7 heteroatoms. The number of benzene rings is 2. The van der Waals surface area contributed by atoms with Gasteiger partial charge in [0.1, 0.15) is 6.61 Å². The standard InChI is InChI=1S/C36H46N2O5/c39-24-33-21-28-15-7-10-18-31(28)23-38(33)34(40)22-29-16-8-9-17-30(19-26-11-3-1-4-12-26)36(42)43-25-32(37-35(29)41)20-27-13-5-2-6-14-27/h1,3-4,7-12,15,18,27,29-30,32-33,39H,2,5-6,13-14,16-17,19-25H2,(H,37,41)/t29-,30+,32+,33+/m1/s1. The maximum atomic E-state index is 13.7. The zero-order valence-electron chi connectivity index (χ0n) is 25.2. The Morgan fingerprint density at radius 2 is 1.60 bits per heavy atom. The van der Waals surface area contributed by atoms with E-state index in [2.05, 4.69) is 11.4 Å². The number of aliphatic hydroxyl groups is 1. The van der Waals surface area contributed by atoms with Crippen molar-refractivity contribution in [2.45, 2.75) is 89.3 Å². The number of fused-ring (bicyclic) bond motifs is 1. The first kappa shape index (κ1) is 31.0. The number of aliphatic hydroxyl groups excluding tert-OH is 1. The molecule has 4 atom stereocenters. The number of carbonyl (C=O) groups excluding carboxylic acids is 3. The Bertz CT molecular complexity index is 1260. The number of amides is 2. The summed E-state index contributed by atoms with van der Waals surface area (Å²) < 4.78 is 5.89. The van der Waals surface area contributed by atoms with Crippen molar-refractivity contribution in [3.05, 3.63) is 83.4 Å². The number of nitrogens with zero attached hydrogens (tertiary/aromatic N) is 1. The summed E-state index contributed by atoms with van der Waals surface area (Å²) in [6, 6.07) is 17.4. The van der Waals surface area contributed by atoms with E-state index in [-0.39, 0.29) is 55.4 Å². The molecule has 3 aliphatic rings. The number of allylic oxidation sites excluding steroid dienone is 2. The first-order valence-electron chi connectivity index (χ1n) is 16.1. The second-order valence-electron chi connectivity index (χ2n) is 12.6. The first-order valence-corrected chi connectivity index (χ1v) is 16.1. The van der Waals surface area contributed by atoms with Crippen molar-refractivity contribution in [1.82, 2.24) is 10.2 Å². The average molecular weight is 587 g/mol. The van der Waals surface area contributed by atoms with Gasteiger partial charge in [-0.05, 0) is 54.7 Å². The first-order chi connectivity index (χ1) is 21.0. The lowest BCUT2D eigenvalue weighted by Gasteiger charge is -2.37. The van der Waals surface area contributed by atoms with Gasteiger partial charge >= 0.3 is 5.97 Å². The molecule has 1 aliphatic carbocycles. The molecule has 2 aromatic carbocycles. The molecule has 2 heterocycles. The summed E-state index contributed by atoms with van der Waals surface area (Å²) in [4.78, 5) is 42.4. The van der Waals surface area contributed by atoms with Crippen molar-refractivity contribution in [2.75, 3.05) is 13.2 Å². The summed E-state index contributed by atoms with van der Waals surface area (Å²) in [5.74, 6) is -0.894. The fourth-order valence-electron chi connectivity index (χ4n) is 6.95. The third-order valence-corrected chi connectivity index (χ3v) is 9.46. The van der Waals surface area contributed by atoms with Crippen molar-refractivity contribution in [3.8, 4) is 0 Å². The number of hydrogen-bond acceptors (Lipinski definition) is 5. The number of hydrogen-bond donors (Lipinski definition) is 2. The molecule has 43 heavy (non-hydrogen) atoms. The van der Waals surface area contributed by atoms with Crippen LogP contribution in [0.15, 0.2) is 66.7 Å². The molecule has 230 valence electrons. The predicted molar refractivity (Wildman–Crippen MR) is 166 cm³/mol. The fraction of sp³-hybridized carbons (Fsp3) is 0.528. The molecule has 0 radical (unpaired) electrons. The molecule has 1 fully saturated rings. The van der Waals surface area contributed by atoms with E-state index in [0.717, 1.165) is 36.0 Å². The van der Waals surface area contributed by atoms with E-state index in [4.69, 9.17) is 4.74 Å². The topological polar surface area (TPSA) is 95.9 Å². The fourth-order valence-corrected chi connectivity index (χ4v) is 6.95. The van der Waals surface area contributed by atoms with E-state index < -0.39 is 5.92 Å². The molecule has 0 aromatic heterocycles. The molecule has 2 N–H and O–H groups in total. The molecule has 7 nitrogen and oxygen atoms in total. The van der Waals surface area contributed by atoms with Gasteiger partial charge in [-0.15, -0.1) is 0 Å². The van der Waals surface area contributed by atoms with Crippen molar-refractivity contribution in [2.24, 2.45) is 17.8 Å². The van der Waals surface area contributed by atoms with E-state index in [1.165, 1.54) is 19.3 Å². The maximum absolute atomic E-state index is 13.7. The minimum Gasteiger partial charge on any atom is -0.463 e. The zero-order chi connectivity index (χ0) is 30.0. The number of esters is 1. The Hall–Kier alpha value is -3.45. The van der Waals surface area contributed by atoms with Crippen LogP contribution in [-0.4, -0.2) is 53.1 Å². The van der Waals surface area contributed by atoms with Crippen LogP contribution in [0.4, 0.5) is 0 Å². The van der Waals surface area contributed by atoms with Crippen LogP contribution in [0.3, 0.4) is 0 Å². The lowest BCUT2D eigenvalue weighted by atomic mass is 9.84. The van der Waals surface area contributed by atoms with Gasteiger partial charge in [0.25, 0.3) is 0 Å². The highest BCUT2D eigenvalue weighted by atomic mass is 16.5. The van der Waals surface area contributed by atoms with Gasteiger partial charge in [-0.2, -0.15) is 0 Å². The molecule has 2 aromatic rings. The van der Waals surface area contributed by atoms with Gasteiger partial charge in [0, 0.05) is 13.0 Å². The third-order valence-electron chi connectivity index (χ3n) is 9.46. The number of cyclic esters (lactones) is 1. The van der Waals surface area contributed by atoms with Gasteiger partial charge < -0.3 is 20.1 Å². The van der Waals surface area contributed by atoms with E-state index in [1.807, 2.05) is 60.7 Å². The number of carbonyl (C=O) groups is 3. The molecule has 2 aliphatic heterocycles. The van der Waals surface area contributed by atoms with Crippen LogP contribution < -0.4 is 5.32 Å². The van der Waals surface area contributed by atoms with Crippen molar-refractivity contribution in [3.63, 3.8) is 0 Å². The highest BCUT2D eigenvalue weighted by Gasteiger charge is 2.33. The normalized spacial score (nSPS) is 25.6. The summed E-state index contributed by atoms with van der Waals surface area (Å²) in [5, 5.41) is 13.3. The van der Waals surface area contributed by atoms with Crippen LogP contribution in [0.25, 0.3) is 0 Å². The minimum absolute atomic E-state index is 0.0677. The Labute approximate surface area is 255 Å². The van der Waals surface area contributed by atoms with Gasteiger partial charge in [0.15, 0.2) is 0 Å². The summed E-state index contributed by atoms with van der Waals surface area (Å²) >= 11 is 0. The molecule has 0 saturated heterocycles. The number of nitrogens with one attached hydrogen (secondary N) is 1. The number of ether oxygens (including phenoxy) is 1. The van der Waals surface area contributed by atoms with Gasteiger partial charge in [-0.1, -0.05) is 98.9 Å². The van der Waals surface area contributed by atoms with Crippen LogP contribution in [0.2, 0.25) is 0 Å². The SMILES string of the molecule is O=C1N[C@@H](CC2CCCCC2)COC(=O)[C@H](Cc2ccccc2)CC=CC[C@@H]1CC(=O)N1Cc2ccccc2C[C@H]1CO. The van der Waals surface area contributed by atoms with E-state index in [1.54, 1.807) is 4.90 Å². The zero-order valence-corrected chi connectivity index (χ0v) is 25.2. The van der Waals surface area contributed by atoms with Crippen molar-refractivity contribution in [1.29, 1.82) is 0 Å². The molecular weight excluding hydrogens is 540 g/mol. The third kappa shape index (κ3) is 8.56. The number of rotatable bonds is 7. The molecule has 0 unspecified atom stereocenters. The Balaban J connectivity index is 1.33. The van der Waals surface area contributed by atoms with Crippen LogP contribution in [0.1, 0.15) is 74.5 Å². The lowest BCUT2D eigenvalue weighted by Crippen LogP contribution is -2.48. The second kappa shape index (κ2) is 15.3. The van der Waals surface area contributed by atoms with E-state index in [9.17, 15) is 19.5 Å². The summed E-state index contributed by atoms with van der Waals surface area (Å²) in [7, 11) is 0. The van der Waals surface area contributed by atoms with Crippen LogP contribution >= 0.6 is 0 Å². The Kier molecular flexibility index (Phi) is 11.0.